The minimum atomic E-state index is 0.202. The van der Waals surface area contributed by atoms with Gasteiger partial charge >= 0.3 is 0 Å². The average Bonchev–Trinajstić information content (AvgIpc) is 2.99. The Morgan fingerprint density at radius 1 is 1.57 bits per heavy atom. The van der Waals surface area contributed by atoms with Crippen LogP contribution in [0.25, 0.3) is 0 Å². The van der Waals surface area contributed by atoms with E-state index in [1.807, 2.05) is 0 Å². The molecule has 1 fully saturated rings. The number of hydrogen-bond acceptors (Lipinski definition) is 2. The average molecular weight is 199 g/mol. The first-order valence-electron chi connectivity index (χ1n) is 5.67. The topological polar surface area (TPSA) is 41.6 Å². The summed E-state index contributed by atoms with van der Waals surface area (Å²) >= 11 is 0. The van der Waals surface area contributed by atoms with Crippen molar-refractivity contribution < 1.29 is 9.53 Å². The predicted molar refractivity (Wildman–Crippen MR) is 56.1 cm³/mol. The highest BCUT2D eigenvalue weighted by molar-refractivity contribution is 5.78. The molecule has 0 radical (unpaired) electrons. The number of carbonyl (C=O) groups excluding carboxylic acids is 1. The molecule has 0 saturated carbocycles. The van der Waals surface area contributed by atoms with Gasteiger partial charge in [0.25, 0.3) is 0 Å². The number of epoxide rings is 1. The van der Waals surface area contributed by atoms with E-state index in [0.29, 0.717) is 12.6 Å². The summed E-state index contributed by atoms with van der Waals surface area (Å²) < 4.78 is 5.04. The molecule has 0 spiro atoms. The molecule has 1 N–H and O–H groups in total. The van der Waals surface area contributed by atoms with Crippen LogP contribution in [0.3, 0.4) is 0 Å². The summed E-state index contributed by atoms with van der Waals surface area (Å²) in [4.78, 5) is 11.6. The zero-order chi connectivity index (χ0) is 10.4. The van der Waals surface area contributed by atoms with Crippen molar-refractivity contribution >= 4 is 5.91 Å². The summed E-state index contributed by atoms with van der Waals surface area (Å²) in [6.07, 6.45) is 4.56. The molecule has 0 aromatic carbocycles. The zero-order valence-electron chi connectivity index (χ0n) is 9.21. The molecule has 0 aliphatic carbocycles. The van der Waals surface area contributed by atoms with E-state index in [1.54, 1.807) is 0 Å². The highest BCUT2D eigenvalue weighted by Gasteiger charge is 2.24. The quantitative estimate of drug-likeness (QED) is 0.634. The maximum atomic E-state index is 11.6. The first kappa shape index (κ1) is 11.5. The molecule has 82 valence electrons. The second-order valence-electron chi connectivity index (χ2n) is 3.95. The highest BCUT2D eigenvalue weighted by Crippen LogP contribution is 2.13. The van der Waals surface area contributed by atoms with E-state index in [9.17, 15) is 4.79 Å². The molecule has 0 aromatic rings. The Morgan fingerprint density at radius 2 is 2.29 bits per heavy atom. The van der Waals surface area contributed by atoms with E-state index in [1.165, 1.54) is 0 Å². The smallest absolute Gasteiger partial charge is 0.223 e. The van der Waals surface area contributed by atoms with Crippen molar-refractivity contribution in [1.29, 1.82) is 0 Å². The van der Waals surface area contributed by atoms with Crippen molar-refractivity contribution in [1.82, 2.24) is 5.32 Å². The van der Waals surface area contributed by atoms with E-state index in [4.69, 9.17) is 4.74 Å². The number of amides is 1. The summed E-state index contributed by atoms with van der Waals surface area (Å²) in [5, 5.41) is 2.94. The van der Waals surface area contributed by atoms with Crippen LogP contribution in [-0.2, 0) is 9.53 Å². The van der Waals surface area contributed by atoms with Crippen molar-refractivity contribution in [3.8, 4) is 0 Å². The van der Waals surface area contributed by atoms with Crippen LogP contribution in [-0.4, -0.2) is 25.2 Å². The molecule has 14 heavy (non-hydrogen) atoms. The molecule has 2 atom stereocenters. The van der Waals surface area contributed by atoms with Crippen LogP contribution in [0.5, 0.6) is 0 Å². The van der Waals surface area contributed by atoms with E-state index in [-0.39, 0.29) is 11.8 Å². The second-order valence-corrected chi connectivity index (χ2v) is 3.95. The van der Waals surface area contributed by atoms with Gasteiger partial charge < -0.3 is 10.1 Å². The molecular weight excluding hydrogens is 178 g/mol. The standard InChI is InChI=1S/C11H21NO2/c1-3-5-6-9(4-2)11(13)12-7-10-8-14-10/h9-10H,3-8H2,1-2H3,(H,12,13)/t9-,10-/m1/s1. The molecule has 3 nitrogen and oxygen atoms in total. The van der Waals surface area contributed by atoms with Crippen LogP contribution in [0.4, 0.5) is 0 Å². The molecule has 1 amide bonds. The molecule has 1 aliphatic rings. The zero-order valence-corrected chi connectivity index (χ0v) is 9.21. The molecular formula is C11H21NO2. The largest absolute Gasteiger partial charge is 0.371 e. The van der Waals surface area contributed by atoms with Crippen molar-refractivity contribution in [3.63, 3.8) is 0 Å². The third kappa shape index (κ3) is 4.09. The van der Waals surface area contributed by atoms with Crippen molar-refractivity contribution in [3.05, 3.63) is 0 Å². The SMILES string of the molecule is CCCC[C@@H](CC)C(=O)NC[C@@H]1CO1. The van der Waals surface area contributed by atoms with E-state index in [2.05, 4.69) is 19.2 Å². The molecule has 0 unspecified atom stereocenters. The van der Waals surface area contributed by atoms with Gasteiger partial charge in [0.05, 0.1) is 12.7 Å². The lowest BCUT2D eigenvalue weighted by Gasteiger charge is -2.13. The van der Waals surface area contributed by atoms with Gasteiger partial charge in [-0.3, -0.25) is 4.79 Å². The summed E-state index contributed by atoms with van der Waals surface area (Å²) in [5.41, 5.74) is 0. The first-order valence-corrected chi connectivity index (χ1v) is 5.67. The summed E-state index contributed by atoms with van der Waals surface area (Å²) in [6, 6.07) is 0. The van der Waals surface area contributed by atoms with E-state index in [0.717, 1.165) is 32.3 Å². The van der Waals surface area contributed by atoms with Gasteiger partial charge in [-0.2, -0.15) is 0 Å². The third-order valence-electron chi connectivity index (χ3n) is 2.68. The Hall–Kier alpha value is -0.570. The molecule has 0 aromatic heterocycles. The molecule has 1 aliphatic heterocycles. The molecule has 1 rings (SSSR count). The van der Waals surface area contributed by atoms with Gasteiger partial charge in [0.2, 0.25) is 5.91 Å². The van der Waals surface area contributed by atoms with Crippen molar-refractivity contribution in [2.45, 2.75) is 45.6 Å². The van der Waals surface area contributed by atoms with Crippen LogP contribution in [0.2, 0.25) is 0 Å². The lowest BCUT2D eigenvalue weighted by atomic mass is 9.98. The number of rotatable bonds is 7. The Labute approximate surface area is 86.2 Å². The van der Waals surface area contributed by atoms with Crippen molar-refractivity contribution in [2.24, 2.45) is 5.92 Å². The Bertz CT molecular complexity index is 178. The van der Waals surface area contributed by atoms with Crippen LogP contribution >= 0.6 is 0 Å². The monoisotopic (exact) mass is 199 g/mol. The van der Waals surface area contributed by atoms with Gasteiger partial charge in [-0.25, -0.2) is 0 Å². The van der Waals surface area contributed by atoms with E-state index >= 15 is 0 Å². The number of unbranched alkanes of at least 4 members (excludes halogenated alkanes) is 1. The highest BCUT2D eigenvalue weighted by atomic mass is 16.6. The lowest BCUT2D eigenvalue weighted by Crippen LogP contribution is -2.33. The van der Waals surface area contributed by atoms with Gasteiger partial charge in [-0.15, -0.1) is 0 Å². The summed E-state index contributed by atoms with van der Waals surface area (Å²) in [5.74, 6) is 0.408. The minimum Gasteiger partial charge on any atom is -0.371 e. The number of ether oxygens (including phenoxy) is 1. The second kappa shape index (κ2) is 6.02. The summed E-state index contributed by atoms with van der Waals surface area (Å²) in [7, 11) is 0. The van der Waals surface area contributed by atoms with Gasteiger partial charge in [0.15, 0.2) is 0 Å². The van der Waals surface area contributed by atoms with Gasteiger partial charge in [0, 0.05) is 12.5 Å². The number of hydrogen-bond donors (Lipinski definition) is 1. The van der Waals surface area contributed by atoms with Crippen LogP contribution in [0.15, 0.2) is 0 Å². The van der Waals surface area contributed by atoms with Gasteiger partial charge in [-0.1, -0.05) is 26.7 Å². The van der Waals surface area contributed by atoms with Crippen LogP contribution < -0.4 is 5.32 Å². The number of carbonyl (C=O) groups is 1. The van der Waals surface area contributed by atoms with Crippen LogP contribution in [0, 0.1) is 5.92 Å². The normalized spacial score (nSPS) is 21.7. The van der Waals surface area contributed by atoms with Gasteiger partial charge in [0.1, 0.15) is 0 Å². The Morgan fingerprint density at radius 3 is 2.79 bits per heavy atom. The predicted octanol–water partition coefficient (Wildman–Crippen LogP) is 1.72. The lowest BCUT2D eigenvalue weighted by molar-refractivity contribution is -0.125. The Kier molecular flexibility index (Phi) is 4.94. The van der Waals surface area contributed by atoms with E-state index < -0.39 is 0 Å². The molecule has 3 heteroatoms. The first-order chi connectivity index (χ1) is 6.77. The molecule has 1 saturated heterocycles. The maximum absolute atomic E-state index is 11.6. The third-order valence-corrected chi connectivity index (χ3v) is 2.68. The maximum Gasteiger partial charge on any atom is 0.223 e. The molecule has 0 bridgehead atoms. The number of nitrogens with one attached hydrogen (secondary N) is 1. The fourth-order valence-electron chi connectivity index (χ4n) is 1.52. The Balaban J connectivity index is 2.15. The van der Waals surface area contributed by atoms with Crippen LogP contribution in [0.1, 0.15) is 39.5 Å². The van der Waals surface area contributed by atoms with Gasteiger partial charge in [-0.05, 0) is 12.8 Å². The fourth-order valence-corrected chi connectivity index (χ4v) is 1.52. The minimum absolute atomic E-state index is 0.202. The molecule has 1 heterocycles. The summed E-state index contributed by atoms with van der Waals surface area (Å²) in [6.45, 7) is 5.74. The fraction of sp³-hybridized carbons (Fsp3) is 0.909. The van der Waals surface area contributed by atoms with Crippen molar-refractivity contribution in [2.75, 3.05) is 13.2 Å².